The summed E-state index contributed by atoms with van der Waals surface area (Å²) in [5.74, 6) is -2.83. The highest BCUT2D eigenvalue weighted by Crippen LogP contribution is 2.38. The van der Waals surface area contributed by atoms with Gasteiger partial charge in [-0.25, -0.2) is 4.79 Å². The first kappa shape index (κ1) is 13.5. The predicted molar refractivity (Wildman–Crippen MR) is 71.9 cm³/mol. The molecule has 2 aromatic rings. The van der Waals surface area contributed by atoms with Gasteiger partial charge >= 0.3 is 5.97 Å². The van der Waals surface area contributed by atoms with E-state index >= 15 is 0 Å². The SMILES string of the molecule is O=C(O)C(Nc1cc(O)c(O)c(O)c1)c1ccccc1. The van der Waals surface area contributed by atoms with E-state index < -0.39 is 29.3 Å². The highest BCUT2D eigenvalue weighted by Gasteiger charge is 2.20. The van der Waals surface area contributed by atoms with Crippen LogP contribution in [0, 0.1) is 0 Å². The van der Waals surface area contributed by atoms with E-state index in [0.29, 0.717) is 5.56 Å². The third-order valence-corrected chi connectivity index (χ3v) is 2.76. The first-order chi connectivity index (χ1) is 9.49. The lowest BCUT2D eigenvalue weighted by Gasteiger charge is -2.16. The number of hydrogen-bond donors (Lipinski definition) is 5. The highest BCUT2D eigenvalue weighted by molar-refractivity contribution is 5.79. The van der Waals surface area contributed by atoms with Crippen LogP contribution in [-0.2, 0) is 4.79 Å². The van der Waals surface area contributed by atoms with Crippen LogP contribution < -0.4 is 5.32 Å². The molecule has 104 valence electrons. The van der Waals surface area contributed by atoms with Gasteiger partial charge in [-0.05, 0) is 5.56 Å². The average Bonchev–Trinajstić information content (AvgIpc) is 2.42. The van der Waals surface area contributed by atoms with Crippen molar-refractivity contribution in [2.75, 3.05) is 5.32 Å². The summed E-state index contributed by atoms with van der Waals surface area (Å²) in [6.45, 7) is 0. The van der Waals surface area contributed by atoms with Crippen LogP contribution >= 0.6 is 0 Å². The number of anilines is 1. The van der Waals surface area contributed by atoms with E-state index in [0.717, 1.165) is 12.1 Å². The lowest BCUT2D eigenvalue weighted by molar-refractivity contribution is -0.138. The number of aliphatic carboxylic acids is 1. The summed E-state index contributed by atoms with van der Waals surface area (Å²) >= 11 is 0. The molecule has 0 amide bonds. The molecule has 0 aliphatic heterocycles. The van der Waals surface area contributed by atoms with Gasteiger partial charge < -0.3 is 25.7 Å². The minimum Gasteiger partial charge on any atom is -0.504 e. The van der Waals surface area contributed by atoms with Crippen molar-refractivity contribution in [3.8, 4) is 17.2 Å². The van der Waals surface area contributed by atoms with E-state index in [1.165, 1.54) is 0 Å². The summed E-state index contributed by atoms with van der Waals surface area (Å²) in [6.07, 6.45) is 0. The molecule has 0 aliphatic rings. The Bertz CT molecular complexity index is 604. The molecular formula is C14H13NO5. The van der Waals surface area contributed by atoms with Crippen LogP contribution in [0.1, 0.15) is 11.6 Å². The zero-order chi connectivity index (χ0) is 14.7. The van der Waals surface area contributed by atoms with Gasteiger partial charge in [0, 0.05) is 17.8 Å². The Morgan fingerprint density at radius 1 is 1.00 bits per heavy atom. The quantitative estimate of drug-likeness (QED) is 0.431. The molecule has 0 heterocycles. The number of carbonyl (C=O) groups is 1. The fourth-order valence-corrected chi connectivity index (χ4v) is 1.79. The van der Waals surface area contributed by atoms with E-state index in [-0.39, 0.29) is 5.69 Å². The molecule has 0 bridgehead atoms. The van der Waals surface area contributed by atoms with Gasteiger partial charge in [0.05, 0.1) is 0 Å². The summed E-state index contributed by atoms with van der Waals surface area (Å²) in [4.78, 5) is 11.3. The molecule has 0 spiro atoms. The number of phenolic OH excluding ortho intramolecular Hbond substituents is 3. The molecule has 6 heteroatoms. The van der Waals surface area contributed by atoms with Crippen LogP contribution in [0.15, 0.2) is 42.5 Å². The molecule has 0 radical (unpaired) electrons. The Labute approximate surface area is 114 Å². The zero-order valence-electron chi connectivity index (χ0n) is 10.3. The van der Waals surface area contributed by atoms with Gasteiger partial charge in [0.25, 0.3) is 0 Å². The van der Waals surface area contributed by atoms with E-state index in [1.54, 1.807) is 30.3 Å². The number of phenols is 3. The number of rotatable bonds is 4. The van der Waals surface area contributed by atoms with Crippen LogP contribution in [0.2, 0.25) is 0 Å². The lowest BCUT2D eigenvalue weighted by Crippen LogP contribution is -2.20. The first-order valence-electron chi connectivity index (χ1n) is 5.78. The minimum atomic E-state index is -1.11. The Kier molecular flexibility index (Phi) is 3.65. The predicted octanol–water partition coefficient (Wildman–Crippen LogP) is 2.04. The lowest BCUT2D eigenvalue weighted by atomic mass is 10.1. The van der Waals surface area contributed by atoms with Gasteiger partial charge in [-0.3, -0.25) is 0 Å². The molecule has 2 rings (SSSR count). The molecule has 0 aliphatic carbocycles. The van der Waals surface area contributed by atoms with Gasteiger partial charge in [0.15, 0.2) is 23.3 Å². The summed E-state index contributed by atoms with van der Waals surface area (Å²) in [5.41, 5.74) is 0.695. The van der Waals surface area contributed by atoms with Crippen molar-refractivity contribution in [2.24, 2.45) is 0 Å². The van der Waals surface area contributed by atoms with Crippen LogP contribution in [0.5, 0.6) is 17.2 Å². The Morgan fingerprint density at radius 2 is 1.55 bits per heavy atom. The third kappa shape index (κ3) is 2.74. The van der Waals surface area contributed by atoms with Gasteiger partial charge in [-0.15, -0.1) is 0 Å². The molecule has 5 N–H and O–H groups in total. The van der Waals surface area contributed by atoms with E-state index in [4.69, 9.17) is 0 Å². The molecule has 0 aromatic heterocycles. The van der Waals surface area contributed by atoms with Crippen molar-refractivity contribution in [3.05, 3.63) is 48.0 Å². The van der Waals surface area contributed by atoms with Crippen molar-refractivity contribution in [2.45, 2.75) is 6.04 Å². The fourth-order valence-electron chi connectivity index (χ4n) is 1.79. The number of hydrogen-bond acceptors (Lipinski definition) is 5. The highest BCUT2D eigenvalue weighted by atomic mass is 16.4. The second-order valence-corrected chi connectivity index (χ2v) is 4.19. The van der Waals surface area contributed by atoms with E-state index in [1.807, 2.05) is 0 Å². The smallest absolute Gasteiger partial charge is 0.330 e. The summed E-state index contributed by atoms with van der Waals surface area (Å²) in [6, 6.07) is 9.69. The maximum Gasteiger partial charge on any atom is 0.330 e. The fraction of sp³-hybridized carbons (Fsp3) is 0.0714. The number of nitrogens with one attached hydrogen (secondary N) is 1. The maximum atomic E-state index is 11.3. The second kappa shape index (κ2) is 5.40. The molecule has 1 unspecified atom stereocenters. The molecule has 0 saturated carbocycles. The van der Waals surface area contributed by atoms with Crippen LogP contribution in [0.3, 0.4) is 0 Å². The Hall–Kier alpha value is -2.89. The normalized spacial score (nSPS) is 11.8. The molecule has 0 saturated heterocycles. The number of benzene rings is 2. The van der Waals surface area contributed by atoms with Crippen LogP contribution in [-0.4, -0.2) is 26.4 Å². The van der Waals surface area contributed by atoms with Crippen molar-refractivity contribution in [1.82, 2.24) is 0 Å². The monoisotopic (exact) mass is 275 g/mol. The van der Waals surface area contributed by atoms with Gasteiger partial charge in [0.2, 0.25) is 0 Å². The Morgan fingerprint density at radius 3 is 2.05 bits per heavy atom. The van der Waals surface area contributed by atoms with Gasteiger partial charge in [-0.2, -0.15) is 0 Å². The molecule has 2 aromatic carbocycles. The number of carboxylic acid groups (broad SMARTS) is 1. The van der Waals surface area contributed by atoms with Crippen molar-refractivity contribution >= 4 is 11.7 Å². The van der Waals surface area contributed by atoms with Crippen LogP contribution in [0.4, 0.5) is 5.69 Å². The summed E-state index contributed by atoms with van der Waals surface area (Å²) in [7, 11) is 0. The summed E-state index contributed by atoms with van der Waals surface area (Å²) < 4.78 is 0. The minimum absolute atomic E-state index is 0.175. The maximum absolute atomic E-state index is 11.3. The summed E-state index contributed by atoms with van der Waals surface area (Å²) in [5, 5.41) is 40.0. The Balaban J connectivity index is 2.32. The molecule has 6 nitrogen and oxygen atoms in total. The van der Waals surface area contributed by atoms with Crippen molar-refractivity contribution in [3.63, 3.8) is 0 Å². The van der Waals surface area contributed by atoms with Gasteiger partial charge in [-0.1, -0.05) is 30.3 Å². The van der Waals surface area contributed by atoms with Crippen molar-refractivity contribution < 1.29 is 25.2 Å². The third-order valence-electron chi connectivity index (χ3n) is 2.76. The van der Waals surface area contributed by atoms with Gasteiger partial charge in [0.1, 0.15) is 0 Å². The molecule has 0 fully saturated rings. The van der Waals surface area contributed by atoms with Crippen LogP contribution in [0.25, 0.3) is 0 Å². The second-order valence-electron chi connectivity index (χ2n) is 4.19. The topological polar surface area (TPSA) is 110 Å². The standard InChI is InChI=1S/C14H13NO5/c16-10-6-9(7-11(17)13(10)18)15-12(14(19)20)8-4-2-1-3-5-8/h1-7,12,15-18H,(H,19,20). The number of carboxylic acids is 1. The zero-order valence-corrected chi connectivity index (χ0v) is 10.3. The van der Waals surface area contributed by atoms with E-state index in [9.17, 15) is 25.2 Å². The van der Waals surface area contributed by atoms with E-state index in [2.05, 4.69) is 5.32 Å². The van der Waals surface area contributed by atoms with Crippen molar-refractivity contribution in [1.29, 1.82) is 0 Å². The molecule has 1 atom stereocenters. The molecule has 20 heavy (non-hydrogen) atoms. The largest absolute Gasteiger partial charge is 0.504 e. The first-order valence-corrected chi connectivity index (χ1v) is 5.78. The number of aromatic hydroxyl groups is 3. The average molecular weight is 275 g/mol. The molecular weight excluding hydrogens is 262 g/mol.